The Morgan fingerprint density at radius 1 is 1.42 bits per heavy atom. The summed E-state index contributed by atoms with van der Waals surface area (Å²) in [7, 11) is 0. The smallest absolute Gasteiger partial charge is 0.338 e. The number of carbonyl (C=O) groups is 1. The zero-order valence-electron chi connectivity index (χ0n) is 9.11. The second kappa shape index (κ2) is 4.96. The van der Waals surface area contributed by atoms with Crippen LogP contribution < -0.4 is 0 Å². The lowest BCUT2D eigenvalue weighted by molar-refractivity contribution is -0.170. The standard InChI is InChI=1S/C10H5ClF3N3O2/c11-5-2-1-3-15-8(5)9-16-7(19-17-9)4-6(18)10(12,13)14/h1-3H,4H2. The van der Waals surface area contributed by atoms with E-state index < -0.39 is 24.3 Å². The number of ketones is 1. The lowest BCUT2D eigenvalue weighted by Gasteiger charge is -2.00. The molecule has 19 heavy (non-hydrogen) atoms. The summed E-state index contributed by atoms with van der Waals surface area (Å²) in [5.41, 5.74) is 0.165. The number of carbonyl (C=O) groups excluding carboxylic acids is 1. The Balaban J connectivity index is 2.21. The number of aromatic nitrogens is 3. The molecule has 0 unspecified atom stereocenters. The first kappa shape index (κ1) is 13.5. The van der Waals surface area contributed by atoms with Crippen LogP contribution in [0.5, 0.6) is 0 Å². The normalized spacial score (nSPS) is 11.6. The van der Waals surface area contributed by atoms with Gasteiger partial charge in [0, 0.05) is 6.20 Å². The molecule has 0 amide bonds. The Kier molecular flexibility index (Phi) is 3.52. The van der Waals surface area contributed by atoms with Gasteiger partial charge in [-0.3, -0.25) is 9.78 Å². The van der Waals surface area contributed by atoms with Crippen LogP contribution in [0, 0.1) is 0 Å². The van der Waals surface area contributed by atoms with Crippen LogP contribution in [0.15, 0.2) is 22.9 Å². The molecule has 2 heterocycles. The van der Waals surface area contributed by atoms with Gasteiger partial charge in [0.2, 0.25) is 17.5 Å². The molecule has 0 aliphatic carbocycles. The first-order chi connectivity index (χ1) is 8.88. The summed E-state index contributed by atoms with van der Waals surface area (Å²) < 4.78 is 40.7. The van der Waals surface area contributed by atoms with Gasteiger partial charge in [-0.1, -0.05) is 16.8 Å². The second-order valence-electron chi connectivity index (χ2n) is 3.44. The average Bonchev–Trinajstić information content (AvgIpc) is 2.76. The molecule has 0 saturated carbocycles. The SMILES string of the molecule is O=C(Cc1nc(-c2ncccc2Cl)no1)C(F)(F)F. The Morgan fingerprint density at radius 3 is 2.79 bits per heavy atom. The lowest BCUT2D eigenvalue weighted by atomic mass is 10.3. The van der Waals surface area contributed by atoms with Crippen molar-refractivity contribution in [3.63, 3.8) is 0 Å². The van der Waals surface area contributed by atoms with Crippen LogP contribution in [-0.2, 0) is 11.2 Å². The summed E-state index contributed by atoms with van der Waals surface area (Å²) in [6.07, 6.45) is -4.53. The van der Waals surface area contributed by atoms with E-state index in [4.69, 9.17) is 11.6 Å². The fraction of sp³-hybridized carbons (Fsp3) is 0.200. The Hall–Kier alpha value is -1.96. The van der Waals surface area contributed by atoms with Gasteiger partial charge in [-0.05, 0) is 12.1 Å². The molecule has 0 saturated heterocycles. The summed E-state index contributed by atoms with van der Waals surface area (Å²) in [4.78, 5) is 18.3. The first-order valence-corrected chi connectivity index (χ1v) is 5.29. The molecule has 2 rings (SSSR count). The minimum Gasteiger partial charge on any atom is -0.338 e. The van der Waals surface area contributed by atoms with Gasteiger partial charge >= 0.3 is 6.18 Å². The van der Waals surface area contributed by atoms with Gasteiger partial charge in [-0.2, -0.15) is 18.2 Å². The van der Waals surface area contributed by atoms with Gasteiger partial charge in [0.15, 0.2) is 0 Å². The van der Waals surface area contributed by atoms with Crippen LogP contribution in [0.1, 0.15) is 5.89 Å². The Bertz CT molecular complexity index is 612. The fourth-order valence-electron chi connectivity index (χ4n) is 1.21. The summed E-state index contributed by atoms with van der Waals surface area (Å²) >= 11 is 5.82. The highest BCUT2D eigenvalue weighted by atomic mass is 35.5. The van der Waals surface area contributed by atoms with Gasteiger partial charge in [-0.15, -0.1) is 0 Å². The van der Waals surface area contributed by atoms with E-state index in [1.165, 1.54) is 12.3 Å². The fourth-order valence-corrected chi connectivity index (χ4v) is 1.42. The average molecular weight is 292 g/mol. The van der Waals surface area contributed by atoms with Crippen LogP contribution in [0.3, 0.4) is 0 Å². The quantitative estimate of drug-likeness (QED) is 0.869. The molecule has 0 fully saturated rings. The van der Waals surface area contributed by atoms with E-state index >= 15 is 0 Å². The molecule has 0 N–H and O–H groups in total. The van der Waals surface area contributed by atoms with Crippen molar-refractivity contribution in [3.05, 3.63) is 29.2 Å². The maximum absolute atomic E-state index is 12.1. The maximum atomic E-state index is 12.1. The number of Topliss-reactive ketones (excluding diaryl/α,β-unsaturated/α-hetero) is 1. The number of nitrogens with zero attached hydrogens (tertiary/aromatic N) is 3. The largest absolute Gasteiger partial charge is 0.450 e. The molecule has 2 aromatic heterocycles. The van der Waals surface area contributed by atoms with Crippen molar-refractivity contribution in [2.24, 2.45) is 0 Å². The third kappa shape index (κ3) is 3.08. The van der Waals surface area contributed by atoms with Crippen molar-refractivity contribution in [1.82, 2.24) is 15.1 Å². The third-order valence-electron chi connectivity index (χ3n) is 2.07. The van der Waals surface area contributed by atoms with Crippen molar-refractivity contribution < 1.29 is 22.5 Å². The highest BCUT2D eigenvalue weighted by molar-refractivity contribution is 6.32. The van der Waals surface area contributed by atoms with Crippen LogP contribution in [0.2, 0.25) is 5.02 Å². The Labute approximate surface area is 109 Å². The molecular formula is C10H5ClF3N3O2. The van der Waals surface area contributed by atoms with Crippen molar-refractivity contribution in [2.75, 3.05) is 0 Å². The molecule has 5 nitrogen and oxygen atoms in total. The summed E-state index contributed by atoms with van der Waals surface area (Å²) in [6.45, 7) is 0. The van der Waals surface area contributed by atoms with Gasteiger partial charge in [-0.25, -0.2) is 0 Å². The number of hydrogen-bond acceptors (Lipinski definition) is 5. The van der Waals surface area contributed by atoms with Crippen molar-refractivity contribution >= 4 is 17.4 Å². The van der Waals surface area contributed by atoms with Gasteiger partial charge in [0.05, 0.1) is 11.4 Å². The lowest BCUT2D eigenvalue weighted by Crippen LogP contribution is -2.24. The zero-order chi connectivity index (χ0) is 14.0. The van der Waals surface area contributed by atoms with Crippen molar-refractivity contribution in [3.8, 4) is 11.5 Å². The highest BCUT2D eigenvalue weighted by Crippen LogP contribution is 2.23. The molecule has 0 radical (unpaired) electrons. The first-order valence-electron chi connectivity index (χ1n) is 4.91. The number of halogens is 4. The molecule has 0 aliphatic rings. The molecule has 9 heteroatoms. The molecule has 0 atom stereocenters. The van der Waals surface area contributed by atoms with E-state index in [2.05, 4.69) is 19.6 Å². The van der Waals surface area contributed by atoms with Crippen LogP contribution in [-0.4, -0.2) is 27.1 Å². The molecule has 0 bridgehead atoms. The van der Waals surface area contributed by atoms with Crippen molar-refractivity contribution in [2.45, 2.75) is 12.6 Å². The number of rotatable bonds is 3. The second-order valence-corrected chi connectivity index (χ2v) is 3.85. The molecule has 0 aromatic carbocycles. The van der Waals surface area contributed by atoms with E-state index in [-0.39, 0.29) is 16.5 Å². The van der Waals surface area contributed by atoms with Crippen LogP contribution in [0.4, 0.5) is 13.2 Å². The number of alkyl halides is 3. The molecule has 100 valence electrons. The topological polar surface area (TPSA) is 68.9 Å². The molecule has 2 aromatic rings. The van der Waals surface area contributed by atoms with E-state index in [0.717, 1.165) is 0 Å². The van der Waals surface area contributed by atoms with E-state index in [0.29, 0.717) is 0 Å². The van der Waals surface area contributed by atoms with Gasteiger partial charge in [0.25, 0.3) is 0 Å². The summed E-state index contributed by atoms with van der Waals surface area (Å²) in [5.74, 6) is -2.48. The third-order valence-corrected chi connectivity index (χ3v) is 2.37. The number of pyridine rings is 1. The predicted molar refractivity (Wildman–Crippen MR) is 57.3 cm³/mol. The van der Waals surface area contributed by atoms with Gasteiger partial charge in [0.1, 0.15) is 5.69 Å². The molecular weight excluding hydrogens is 287 g/mol. The van der Waals surface area contributed by atoms with Crippen LogP contribution >= 0.6 is 11.6 Å². The summed E-state index contributed by atoms with van der Waals surface area (Å²) in [6, 6.07) is 3.08. The van der Waals surface area contributed by atoms with Crippen LogP contribution in [0.25, 0.3) is 11.5 Å². The molecule has 0 aliphatic heterocycles. The minimum absolute atomic E-state index is 0.0735. The van der Waals surface area contributed by atoms with E-state index in [1.807, 2.05) is 0 Å². The van der Waals surface area contributed by atoms with Gasteiger partial charge < -0.3 is 4.52 Å². The Morgan fingerprint density at radius 2 is 2.16 bits per heavy atom. The monoisotopic (exact) mass is 291 g/mol. The van der Waals surface area contributed by atoms with E-state index in [9.17, 15) is 18.0 Å². The van der Waals surface area contributed by atoms with Crippen molar-refractivity contribution in [1.29, 1.82) is 0 Å². The maximum Gasteiger partial charge on any atom is 0.450 e. The highest BCUT2D eigenvalue weighted by Gasteiger charge is 2.39. The van der Waals surface area contributed by atoms with E-state index in [1.54, 1.807) is 6.07 Å². The summed E-state index contributed by atoms with van der Waals surface area (Å²) in [5, 5.41) is 3.65. The minimum atomic E-state index is -4.93. The zero-order valence-corrected chi connectivity index (χ0v) is 9.87. The molecule has 0 spiro atoms. The number of hydrogen-bond donors (Lipinski definition) is 0. The predicted octanol–water partition coefficient (Wildman–Crippen LogP) is 2.46.